The molecule has 0 aliphatic rings. The molecule has 0 saturated carbocycles. The van der Waals surface area contributed by atoms with Gasteiger partial charge in [-0.3, -0.25) is 4.94 Å². The SMILES string of the molecule is Cc1cc(C(C)(C)CC(C)(C)C)cc(-c2cc(C(C)(C)CC(C)(C)C)cc(C)c2OF)c1ON. The molecule has 0 unspecified atom stereocenters. The summed E-state index contributed by atoms with van der Waals surface area (Å²) in [5.41, 5.74) is 5.46. The smallest absolute Gasteiger partial charge is 0.182 e. The van der Waals surface area contributed by atoms with Crippen LogP contribution < -0.4 is 15.7 Å². The summed E-state index contributed by atoms with van der Waals surface area (Å²) in [6.07, 6.45) is 1.97. The lowest BCUT2D eigenvalue weighted by Gasteiger charge is -2.34. The van der Waals surface area contributed by atoms with Gasteiger partial charge < -0.3 is 4.84 Å². The molecule has 0 spiro atoms. The van der Waals surface area contributed by atoms with Gasteiger partial charge in [-0.1, -0.05) is 81.4 Å². The summed E-state index contributed by atoms with van der Waals surface area (Å²) < 4.78 is 14.0. The fraction of sp³-hybridized carbons (Fsp3) is 0.600. The quantitative estimate of drug-likeness (QED) is 0.410. The Bertz CT molecular complexity index is 940. The molecule has 0 bridgehead atoms. The molecule has 2 aromatic rings. The summed E-state index contributed by atoms with van der Waals surface area (Å²) in [6, 6.07) is 8.31. The van der Waals surface area contributed by atoms with Crippen molar-refractivity contribution in [2.24, 2.45) is 16.7 Å². The fourth-order valence-electron chi connectivity index (χ4n) is 5.84. The van der Waals surface area contributed by atoms with Crippen LogP contribution in [0, 0.1) is 24.7 Å². The van der Waals surface area contributed by atoms with Crippen LogP contribution in [0.5, 0.6) is 11.5 Å². The van der Waals surface area contributed by atoms with Crippen molar-refractivity contribution in [2.45, 2.75) is 107 Å². The Balaban J connectivity index is 2.83. The molecule has 34 heavy (non-hydrogen) atoms. The van der Waals surface area contributed by atoms with E-state index < -0.39 is 0 Å². The second-order valence-corrected chi connectivity index (χ2v) is 13.8. The van der Waals surface area contributed by atoms with E-state index in [-0.39, 0.29) is 27.4 Å². The highest BCUT2D eigenvalue weighted by Gasteiger charge is 2.32. The van der Waals surface area contributed by atoms with E-state index in [1.165, 1.54) is 0 Å². The third-order valence-electron chi connectivity index (χ3n) is 6.54. The Morgan fingerprint density at radius 3 is 1.32 bits per heavy atom. The van der Waals surface area contributed by atoms with Crippen LogP contribution >= 0.6 is 0 Å². The molecule has 190 valence electrons. The summed E-state index contributed by atoms with van der Waals surface area (Å²) in [5.74, 6) is 6.50. The molecule has 0 atom stereocenters. The van der Waals surface area contributed by atoms with Crippen molar-refractivity contribution < 1.29 is 14.3 Å². The van der Waals surface area contributed by atoms with E-state index >= 15 is 0 Å². The Hall–Kier alpha value is -2.07. The molecule has 0 heterocycles. The van der Waals surface area contributed by atoms with E-state index in [2.05, 4.69) is 86.3 Å². The summed E-state index contributed by atoms with van der Waals surface area (Å²) in [7, 11) is 0. The number of benzene rings is 2. The van der Waals surface area contributed by atoms with Gasteiger partial charge in [-0.15, -0.1) is 0 Å². The molecule has 0 amide bonds. The number of hydrogen-bond donors (Lipinski definition) is 1. The lowest BCUT2D eigenvalue weighted by molar-refractivity contribution is -0.00632. The summed E-state index contributed by atoms with van der Waals surface area (Å²) in [5, 5.41) is 0. The van der Waals surface area contributed by atoms with Crippen molar-refractivity contribution in [3.05, 3.63) is 46.5 Å². The molecular formula is C30H46FNO2. The zero-order valence-corrected chi connectivity index (χ0v) is 23.5. The number of halogens is 1. The largest absolute Gasteiger partial charge is 0.411 e. The maximum Gasteiger partial charge on any atom is 0.182 e. The van der Waals surface area contributed by atoms with Crippen LogP contribution in [0.15, 0.2) is 24.3 Å². The molecular weight excluding hydrogens is 425 g/mol. The second kappa shape index (κ2) is 9.53. The van der Waals surface area contributed by atoms with Crippen LogP contribution in [-0.2, 0) is 10.8 Å². The first-order chi connectivity index (χ1) is 15.3. The van der Waals surface area contributed by atoms with Gasteiger partial charge in [0.15, 0.2) is 11.5 Å². The molecule has 0 radical (unpaired) electrons. The molecule has 2 rings (SSSR count). The van der Waals surface area contributed by atoms with Gasteiger partial charge in [0.05, 0.1) is 0 Å². The lowest BCUT2D eigenvalue weighted by atomic mass is 9.70. The monoisotopic (exact) mass is 471 g/mol. The first-order valence-corrected chi connectivity index (χ1v) is 12.3. The molecule has 0 aromatic heterocycles. The molecule has 0 fully saturated rings. The average molecular weight is 472 g/mol. The Labute approximate surface area is 207 Å². The second-order valence-electron chi connectivity index (χ2n) is 13.8. The molecule has 0 aliphatic carbocycles. The predicted octanol–water partition coefficient (Wildman–Crippen LogP) is 8.91. The van der Waals surface area contributed by atoms with Crippen LogP contribution in [0.3, 0.4) is 0 Å². The number of nitrogens with two attached hydrogens (primary N) is 1. The Morgan fingerprint density at radius 2 is 1.00 bits per heavy atom. The van der Waals surface area contributed by atoms with E-state index in [1.54, 1.807) is 0 Å². The maximum absolute atomic E-state index is 14.0. The van der Waals surface area contributed by atoms with Crippen LogP contribution in [0.2, 0.25) is 0 Å². The van der Waals surface area contributed by atoms with E-state index in [1.807, 2.05) is 26.0 Å². The lowest BCUT2D eigenvalue weighted by Crippen LogP contribution is -2.25. The number of aryl methyl sites for hydroxylation is 2. The minimum Gasteiger partial charge on any atom is -0.411 e. The van der Waals surface area contributed by atoms with Crippen molar-refractivity contribution >= 4 is 0 Å². The van der Waals surface area contributed by atoms with Crippen molar-refractivity contribution in [1.29, 1.82) is 0 Å². The molecule has 0 aliphatic heterocycles. The molecule has 3 nitrogen and oxygen atoms in total. The first kappa shape index (κ1) is 28.2. The highest BCUT2D eigenvalue weighted by atomic mass is 19.3. The van der Waals surface area contributed by atoms with Crippen LogP contribution in [0.25, 0.3) is 11.1 Å². The summed E-state index contributed by atoms with van der Waals surface area (Å²) in [4.78, 5) is 9.81. The van der Waals surface area contributed by atoms with Gasteiger partial charge in [-0.2, -0.15) is 5.90 Å². The Morgan fingerprint density at radius 1 is 0.647 bits per heavy atom. The van der Waals surface area contributed by atoms with Crippen molar-refractivity contribution in [2.75, 3.05) is 0 Å². The molecule has 4 heteroatoms. The predicted molar refractivity (Wildman–Crippen MR) is 142 cm³/mol. The number of rotatable bonds is 7. The van der Waals surface area contributed by atoms with Gasteiger partial charge in [0.2, 0.25) is 0 Å². The average Bonchev–Trinajstić information content (AvgIpc) is 2.62. The van der Waals surface area contributed by atoms with Gasteiger partial charge in [-0.05, 0) is 82.7 Å². The van der Waals surface area contributed by atoms with Crippen molar-refractivity contribution in [1.82, 2.24) is 0 Å². The van der Waals surface area contributed by atoms with E-state index in [0.717, 1.165) is 40.7 Å². The van der Waals surface area contributed by atoms with Gasteiger partial charge in [0.1, 0.15) is 0 Å². The van der Waals surface area contributed by atoms with E-state index in [9.17, 15) is 4.53 Å². The van der Waals surface area contributed by atoms with E-state index in [4.69, 9.17) is 10.7 Å². The highest BCUT2D eigenvalue weighted by Crippen LogP contribution is 2.47. The molecule has 2 aromatic carbocycles. The fourth-order valence-corrected chi connectivity index (χ4v) is 5.84. The van der Waals surface area contributed by atoms with Crippen molar-refractivity contribution in [3.63, 3.8) is 0 Å². The van der Waals surface area contributed by atoms with Gasteiger partial charge >= 0.3 is 0 Å². The van der Waals surface area contributed by atoms with Crippen LogP contribution in [0.4, 0.5) is 4.53 Å². The standard InChI is InChI=1S/C30H46FNO2/c1-19-13-21(29(9,10)17-27(3,4)5)15-23(25(19)33-31)24-16-22(14-20(2)26(24)34-32)30(11,12)18-28(6,7)8/h13-16H,17-18,32H2,1-12H3. The first-order valence-electron chi connectivity index (χ1n) is 12.3. The zero-order valence-electron chi connectivity index (χ0n) is 23.5. The third-order valence-corrected chi connectivity index (χ3v) is 6.54. The van der Waals surface area contributed by atoms with E-state index in [0.29, 0.717) is 11.3 Å². The summed E-state index contributed by atoms with van der Waals surface area (Å²) >= 11 is 0. The van der Waals surface area contributed by atoms with Gasteiger partial charge in [0, 0.05) is 15.7 Å². The van der Waals surface area contributed by atoms with Crippen LogP contribution in [-0.4, -0.2) is 0 Å². The number of hydrogen-bond acceptors (Lipinski definition) is 3. The third kappa shape index (κ3) is 6.53. The molecule has 0 saturated heterocycles. The molecule has 2 N–H and O–H groups in total. The maximum atomic E-state index is 14.0. The minimum atomic E-state index is -0.117. The summed E-state index contributed by atoms with van der Waals surface area (Å²) in [6.45, 7) is 26.3. The highest BCUT2D eigenvalue weighted by molar-refractivity contribution is 5.80. The topological polar surface area (TPSA) is 44.5 Å². The normalized spacial score (nSPS) is 13.2. The zero-order chi connectivity index (χ0) is 26.3. The van der Waals surface area contributed by atoms with Gasteiger partial charge in [-0.25, -0.2) is 0 Å². The van der Waals surface area contributed by atoms with Gasteiger partial charge in [0.25, 0.3) is 0 Å². The minimum absolute atomic E-state index is 0.0974. The van der Waals surface area contributed by atoms with Crippen LogP contribution in [0.1, 0.15) is 104 Å². The van der Waals surface area contributed by atoms with Crippen molar-refractivity contribution in [3.8, 4) is 22.6 Å². The Kier molecular flexibility index (Phi) is 7.89.